The fourth-order valence-electron chi connectivity index (χ4n) is 4.83. The van der Waals surface area contributed by atoms with Crippen LogP contribution in [0.5, 0.6) is 0 Å². The third-order valence-electron chi connectivity index (χ3n) is 6.01. The molecule has 20 heavy (non-hydrogen) atoms. The fourth-order valence-corrected chi connectivity index (χ4v) is 4.83. The van der Waals surface area contributed by atoms with Crippen LogP contribution in [0.4, 0.5) is 0 Å². The Morgan fingerprint density at radius 1 is 0.950 bits per heavy atom. The summed E-state index contributed by atoms with van der Waals surface area (Å²) in [6.45, 7) is 2.19. The van der Waals surface area contributed by atoms with E-state index in [0.29, 0.717) is 17.8 Å². The van der Waals surface area contributed by atoms with E-state index >= 15 is 0 Å². The fraction of sp³-hybridized carbons (Fsp3) is 0.789. The van der Waals surface area contributed by atoms with E-state index in [0.717, 1.165) is 0 Å². The summed E-state index contributed by atoms with van der Waals surface area (Å²) in [5.41, 5.74) is 0.795. The maximum atomic E-state index is 11.5. The highest BCUT2D eigenvalue weighted by Crippen LogP contribution is 2.47. The molecule has 0 aromatic carbocycles. The number of aliphatic hydroxyl groups is 1. The second-order valence-corrected chi connectivity index (χ2v) is 7.39. The number of allylic oxidation sites excluding steroid dienone is 2. The first-order valence-corrected chi connectivity index (χ1v) is 8.80. The minimum atomic E-state index is -0.554. The Morgan fingerprint density at radius 2 is 1.55 bits per heavy atom. The third kappa shape index (κ3) is 2.74. The molecule has 3 rings (SSSR count). The van der Waals surface area contributed by atoms with E-state index < -0.39 is 5.60 Å². The number of hydrogen-bond donors (Lipinski definition) is 1. The molecule has 1 N–H and O–H groups in total. The van der Waals surface area contributed by atoms with Crippen LogP contribution in [0, 0.1) is 17.8 Å². The standard InChI is InChI=1S/C19H30O/c1-15-12-13-19(20,17-10-6-3-7-11-17)18(14-15)16-8-4-2-5-9-16/h12-14,16-18,20H,2-11H2,1H3. The van der Waals surface area contributed by atoms with Crippen LogP contribution >= 0.6 is 0 Å². The van der Waals surface area contributed by atoms with Crippen molar-refractivity contribution in [2.75, 3.05) is 0 Å². The molecule has 0 spiro atoms. The molecule has 0 bridgehead atoms. The number of rotatable bonds is 2. The van der Waals surface area contributed by atoms with Crippen molar-refractivity contribution in [3.8, 4) is 0 Å². The van der Waals surface area contributed by atoms with Crippen LogP contribution in [-0.4, -0.2) is 10.7 Å². The van der Waals surface area contributed by atoms with Gasteiger partial charge in [-0.25, -0.2) is 0 Å². The molecule has 3 aliphatic carbocycles. The summed E-state index contributed by atoms with van der Waals surface area (Å²) < 4.78 is 0. The predicted molar refractivity (Wildman–Crippen MR) is 84.5 cm³/mol. The lowest BCUT2D eigenvalue weighted by Gasteiger charge is -2.46. The highest BCUT2D eigenvalue weighted by Gasteiger charge is 2.45. The largest absolute Gasteiger partial charge is 0.385 e. The second kappa shape index (κ2) is 6.05. The van der Waals surface area contributed by atoms with Crippen molar-refractivity contribution < 1.29 is 5.11 Å². The highest BCUT2D eigenvalue weighted by molar-refractivity contribution is 5.30. The Balaban J connectivity index is 1.83. The van der Waals surface area contributed by atoms with Crippen molar-refractivity contribution in [2.45, 2.75) is 76.7 Å². The first-order valence-electron chi connectivity index (χ1n) is 8.80. The van der Waals surface area contributed by atoms with E-state index in [4.69, 9.17) is 0 Å². The summed E-state index contributed by atoms with van der Waals surface area (Å²) in [5.74, 6) is 1.57. The van der Waals surface area contributed by atoms with Gasteiger partial charge in [-0.1, -0.05) is 62.3 Å². The summed E-state index contributed by atoms with van der Waals surface area (Å²) in [6, 6.07) is 0. The van der Waals surface area contributed by atoms with Crippen LogP contribution in [-0.2, 0) is 0 Å². The lowest BCUT2D eigenvalue weighted by molar-refractivity contribution is -0.0490. The van der Waals surface area contributed by atoms with Crippen LogP contribution in [0.3, 0.4) is 0 Å². The van der Waals surface area contributed by atoms with Crippen molar-refractivity contribution in [3.05, 3.63) is 23.8 Å². The average Bonchev–Trinajstić information content (AvgIpc) is 2.51. The van der Waals surface area contributed by atoms with Gasteiger partial charge in [-0.05, 0) is 44.4 Å². The van der Waals surface area contributed by atoms with Crippen LogP contribution in [0.25, 0.3) is 0 Å². The van der Waals surface area contributed by atoms with Crippen molar-refractivity contribution >= 4 is 0 Å². The van der Waals surface area contributed by atoms with Gasteiger partial charge in [0.25, 0.3) is 0 Å². The smallest absolute Gasteiger partial charge is 0.0923 e. The summed E-state index contributed by atoms with van der Waals surface area (Å²) in [6.07, 6.45) is 19.9. The van der Waals surface area contributed by atoms with Gasteiger partial charge in [0.15, 0.2) is 0 Å². The predicted octanol–water partition coefficient (Wildman–Crippen LogP) is 5.01. The van der Waals surface area contributed by atoms with E-state index in [1.165, 1.54) is 69.8 Å². The van der Waals surface area contributed by atoms with Gasteiger partial charge in [0.2, 0.25) is 0 Å². The van der Waals surface area contributed by atoms with Gasteiger partial charge in [-0.3, -0.25) is 0 Å². The Bertz CT molecular complexity index is 383. The first kappa shape index (κ1) is 14.4. The summed E-state index contributed by atoms with van der Waals surface area (Å²) >= 11 is 0. The third-order valence-corrected chi connectivity index (χ3v) is 6.01. The topological polar surface area (TPSA) is 20.2 Å². The molecular weight excluding hydrogens is 244 g/mol. The van der Waals surface area contributed by atoms with E-state index in [1.54, 1.807) is 0 Å². The molecule has 2 saturated carbocycles. The zero-order chi connectivity index (χ0) is 14.0. The lowest BCUT2D eigenvalue weighted by atomic mass is 9.62. The first-order chi connectivity index (χ1) is 9.70. The van der Waals surface area contributed by atoms with Crippen molar-refractivity contribution in [3.63, 3.8) is 0 Å². The van der Waals surface area contributed by atoms with Crippen LogP contribution in [0.2, 0.25) is 0 Å². The Kier molecular flexibility index (Phi) is 4.35. The van der Waals surface area contributed by atoms with Crippen LogP contribution < -0.4 is 0 Å². The highest BCUT2D eigenvalue weighted by atomic mass is 16.3. The average molecular weight is 274 g/mol. The van der Waals surface area contributed by atoms with Gasteiger partial charge < -0.3 is 5.11 Å². The molecule has 0 saturated heterocycles. The van der Waals surface area contributed by atoms with Crippen molar-refractivity contribution in [1.29, 1.82) is 0 Å². The molecule has 1 heteroatoms. The molecule has 0 aliphatic heterocycles. The van der Waals surface area contributed by atoms with E-state index in [-0.39, 0.29) is 0 Å². The molecule has 2 atom stereocenters. The van der Waals surface area contributed by atoms with Crippen molar-refractivity contribution in [1.82, 2.24) is 0 Å². The quantitative estimate of drug-likeness (QED) is 0.750. The van der Waals surface area contributed by atoms with Gasteiger partial charge in [-0.15, -0.1) is 0 Å². The maximum Gasteiger partial charge on any atom is 0.0923 e. The minimum Gasteiger partial charge on any atom is -0.385 e. The Morgan fingerprint density at radius 3 is 2.20 bits per heavy atom. The van der Waals surface area contributed by atoms with Crippen molar-refractivity contribution in [2.24, 2.45) is 17.8 Å². The second-order valence-electron chi connectivity index (χ2n) is 7.39. The molecule has 0 aromatic rings. The monoisotopic (exact) mass is 274 g/mol. The number of hydrogen-bond acceptors (Lipinski definition) is 1. The molecular formula is C19H30O. The Hall–Kier alpha value is -0.560. The zero-order valence-corrected chi connectivity index (χ0v) is 13.0. The maximum absolute atomic E-state index is 11.5. The summed E-state index contributed by atoms with van der Waals surface area (Å²) in [4.78, 5) is 0. The molecule has 112 valence electrons. The van der Waals surface area contributed by atoms with Gasteiger partial charge in [-0.2, -0.15) is 0 Å². The summed E-state index contributed by atoms with van der Waals surface area (Å²) in [7, 11) is 0. The molecule has 0 heterocycles. The SMILES string of the molecule is CC1=CC(C2CCCCC2)C(O)(C2CCCCC2)C=C1. The zero-order valence-electron chi connectivity index (χ0n) is 13.0. The van der Waals surface area contributed by atoms with Gasteiger partial charge >= 0.3 is 0 Å². The summed E-state index contributed by atoms with van der Waals surface area (Å²) in [5, 5.41) is 11.5. The van der Waals surface area contributed by atoms with E-state index in [2.05, 4.69) is 25.2 Å². The molecule has 1 nitrogen and oxygen atoms in total. The van der Waals surface area contributed by atoms with E-state index in [1.807, 2.05) is 0 Å². The molecule has 2 fully saturated rings. The molecule has 0 amide bonds. The molecule has 2 unspecified atom stereocenters. The van der Waals surface area contributed by atoms with Gasteiger partial charge in [0, 0.05) is 5.92 Å². The van der Waals surface area contributed by atoms with Crippen LogP contribution in [0.1, 0.15) is 71.1 Å². The van der Waals surface area contributed by atoms with Gasteiger partial charge in [0.1, 0.15) is 0 Å². The Labute approximate surface area is 124 Å². The molecule has 0 radical (unpaired) electrons. The van der Waals surface area contributed by atoms with Gasteiger partial charge in [0.05, 0.1) is 5.60 Å². The normalized spacial score (nSPS) is 36.9. The molecule has 0 aromatic heterocycles. The minimum absolute atomic E-state index is 0.371. The molecule has 3 aliphatic rings. The lowest BCUT2D eigenvalue weighted by Crippen LogP contribution is -2.48. The van der Waals surface area contributed by atoms with E-state index in [9.17, 15) is 5.11 Å². The van der Waals surface area contributed by atoms with Crippen LogP contribution in [0.15, 0.2) is 23.8 Å².